The van der Waals surface area contributed by atoms with Gasteiger partial charge in [0, 0.05) is 23.4 Å². The topological polar surface area (TPSA) is 64.0 Å². The Morgan fingerprint density at radius 3 is 2.19 bits per heavy atom. The Kier molecular flexibility index (Phi) is 7.87. The highest BCUT2D eigenvalue weighted by atomic mass is 16.5. The van der Waals surface area contributed by atoms with E-state index in [-0.39, 0.29) is 29.8 Å². The number of anilines is 1. The van der Waals surface area contributed by atoms with Gasteiger partial charge in [-0.2, -0.15) is 0 Å². The highest BCUT2D eigenvalue weighted by Crippen LogP contribution is 2.45. The van der Waals surface area contributed by atoms with Crippen LogP contribution in [0.2, 0.25) is 0 Å². The Morgan fingerprint density at radius 1 is 0.881 bits per heavy atom. The molecule has 0 N–H and O–H groups in total. The summed E-state index contributed by atoms with van der Waals surface area (Å²) in [5.41, 5.74) is 5.03. The minimum atomic E-state index is -0.511. The van der Waals surface area contributed by atoms with E-state index in [9.17, 15) is 9.59 Å². The lowest BCUT2D eigenvalue weighted by atomic mass is 9.86. The number of aromatic nitrogens is 1. The van der Waals surface area contributed by atoms with E-state index in [0.29, 0.717) is 17.1 Å². The van der Waals surface area contributed by atoms with E-state index in [1.54, 1.807) is 24.0 Å². The van der Waals surface area contributed by atoms with Crippen molar-refractivity contribution >= 4 is 17.5 Å². The number of benzene rings is 3. The van der Waals surface area contributed by atoms with Gasteiger partial charge in [-0.3, -0.25) is 14.5 Å². The molecule has 7 heteroatoms. The molecule has 2 amide bonds. The maximum Gasteiger partial charge on any atom is 0.254 e. The van der Waals surface area contributed by atoms with Gasteiger partial charge in [-0.25, -0.2) is 0 Å². The van der Waals surface area contributed by atoms with Crippen molar-refractivity contribution in [2.45, 2.75) is 52.1 Å². The van der Waals surface area contributed by atoms with Gasteiger partial charge in [0.15, 0.2) is 0 Å². The molecule has 1 aliphatic rings. The zero-order valence-electron chi connectivity index (χ0n) is 25.4. The molecule has 218 valence electrons. The van der Waals surface area contributed by atoms with Gasteiger partial charge in [0.1, 0.15) is 24.1 Å². The highest BCUT2D eigenvalue weighted by Gasteiger charge is 2.39. The number of methoxy groups -OCH3 is 2. The van der Waals surface area contributed by atoms with Crippen LogP contribution in [0.3, 0.4) is 0 Å². The predicted molar refractivity (Wildman–Crippen MR) is 166 cm³/mol. The van der Waals surface area contributed by atoms with Gasteiger partial charge in [0.25, 0.3) is 5.91 Å². The number of hydrogen-bond donors (Lipinski definition) is 0. The molecule has 7 nitrogen and oxygen atoms in total. The minimum Gasteiger partial charge on any atom is -0.497 e. The van der Waals surface area contributed by atoms with Crippen molar-refractivity contribution in [1.29, 1.82) is 0 Å². The molecule has 1 unspecified atom stereocenters. The van der Waals surface area contributed by atoms with Gasteiger partial charge in [0.05, 0.1) is 31.3 Å². The van der Waals surface area contributed by atoms with Crippen LogP contribution in [-0.2, 0) is 10.2 Å². The first kappa shape index (κ1) is 29.0. The van der Waals surface area contributed by atoms with E-state index >= 15 is 0 Å². The second kappa shape index (κ2) is 11.4. The van der Waals surface area contributed by atoms with Crippen molar-refractivity contribution in [1.82, 2.24) is 9.47 Å². The molecular weight excluding hydrogens is 526 g/mol. The second-order valence-corrected chi connectivity index (χ2v) is 11.9. The van der Waals surface area contributed by atoms with E-state index in [2.05, 4.69) is 25.3 Å². The van der Waals surface area contributed by atoms with Crippen LogP contribution in [0.5, 0.6) is 11.5 Å². The van der Waals surface area contributed by atoms with Crippen LogP contribution in [0.4, 0.5) is 5.69 Å². The van der Waals surface area contributed by atoms with Crippen molar-refractivity contribution in [2.24, 2.45) is 0 Å². The fraction of sp³-hybridized carbons (Fsp3) is 0.314. The first-order valence-corrected chi connectivity index (χ1v) is 14.3. The Hall–Kier alpha value is -4.52. The fourth-order valence-electron chi connectivity index (χ4n) is 5.60. The molecule has 5 rings (SSSR count). The molecule has 0 aliphatic carbocycles. The summed E-state index contributed by atoms with van der Waals surface area (Å²) in [6.07, 6.45) is 2.00. The average Bonchev–Trinajstić information content (AvgIpc) is 3.48. The summed E-state index contributed by atoms with van der Waals surface area (Å²) in [4.78, 5) is 31.8. The van der Waals surface area contributed by atoms with Crippen LogP contribution < -0.4 is 14.4 Å². The average molecular weight is 566 g/mol. The van der Waals surface area contributed by atoms with Crippen molar-refractivity contribution in [3.63, 3.8) is 0 Å². The smallest absolute Gasteiger partial charge is 0.254 e. The number of nitrogens with zero attached hydrogens (tertiary/aromatic N) is 3. The van der Waals surface area contributed by atoms with Crippen LogP contribution >= 0.6 is 0 Å². The lowest BCUT2D eigenvalue weighted by molar-refractivity contribution is -0.120. The zero-order chi connectivity index (χ0) is 30.2. The van der Waals surface area contributed by atoms with Gasteiger partial charge >= 0.3 is 0 Å². The summed E-state index contributed by atoms with van der Waals surface area (Å²) in [6, 6.07) is 24.4. The summed E-state index contributed by atoms with van der Waals surface area (Å²) in [5, 5.41) is 0. The maximum atomic E-state index is 14.5. The summed E-state index contributed by atoms with van der Waals surface area (Å²) in [7, 11) is 3.24. The molecule has 1 atom stereocenters. The van der Waals surface area contributed by atoms with Gasteiger partial charge in [-0.15, -0.1) is 0 Å². The van der Waals surface area contributed by atoms with Gasteiger partial charge in [-0.05, 0) is 79.4 Å². The Balaban J connectivity index is 1.58. The number of carbonyl (C=O) groups is 2. The number of ether oxygens (including phenoxy) is 2. The lowest BCUT2D eigenvalue weighted by Crippen LogP contribution is -2.48. The molecule has 0 saturated heterocycles. The molecule has 0 bridgehead atoms. The third-order valence-electron chi connectivity index (χ3n) is 7.91. The first-order valence-electron chi connectivity index (χ1n) is 14.3. The van der Waals surface area contributed by atoms with E-state index in [1.807, 2.05) is 98.9 Å². The van der Waals surface area contributed by atoms with Gasteiger partial charge in [-0.1, -0.05) is 45.0 Å². The Bertz CT molecular complexity index is 1600. The molecule has 0 spiro atoms. The monoisotopic (exact) mass is 565 g/mol. The number of rotatable bonds is 7. The van der Waals surface area contributed by atoms with E-state index < -0.39 is 6.04 Å². The number of carbonyl (C=O) groups excluding carboxylic acids is 2. The van der Waals surface area contributed by atoms with Gasteiger partial charge < -0.3 is 18.9 Å². The molecule has 1 aliphatic heterocycles. The Labute approximate surface area is 248 Å². The summed E-state index contributed by atoms with van der Waals surface area (Å²) in [5.74, 6) is 0.926. The molecule has 0 radical (unpaired) electrons. The Morgan fingerprint density at radius 2 is 1.57 bits per heavy atom. The normalized spacial score (nSPS) is 14.3. The van der Waals surface area contributed by atoms with Crippen molar-refractivity contribution in [3.8, 4) is 17.2 Å². The molecule has 42 heavy (non-hydrogen) atoms. The molecule has 1 aromatic heterocycles. The van der Waals surface area contributed by atoms with Crippen LogP contribution in [0.1, 0.15) is 67.8 Å². The fourth-order valence-corrected chi connectivity index (χ4v) is 5.60. The zero-order valence-corrected chi connectivity index (χ0v) is 25.4. The third kappa shape index (κ3) is 5.27. The number of fused-ring (bicyclic) bond motifs is 3. The molecule has 2 heterocycles. The molecule has 0 fully saturated rings. The SMILES string of the molecule is COc1ccc(OC)c(C2c3cccn3-c3ccccc3N2C(=O)CN(C(=O)c2ccc(C(C)(C)C)cc2)C(C)C)c1. The summed E-state index contributed by atoms with van der Waals surface area (Å²) < 4.78 is 13.5. The van der Waals surface area contributed by atoms with E-state index in [0.717, 1.165) is 28.2 Å². The molecular formula is C35H39N3O4. The predicted octanol–water partition coefficient (Wildman–Crippen LogP) is 6.78. The number of para-hydroxylation sites is 2. The van der Waals surface area contributed by atoms with Crippen LogP contribution in [0.25, 0.3) is 5.69 Å². The lowest BCUT2D eigenvalue weighted by Gasteiger charge is -2.40. The van der Waals surface area contributed by atoms with Crippen LogP contribution in [0, 0.1) is 0 Å². The minimum absolute atomic E-state index is 0.0230. The summed E-state index contributed by atoms with van der Waals surface area (Å²) >= 11 is 0. The number of hydrogen-bond acceptors (Lipinski definition) is 4. The van der Waals surface area contributed by atoms with Gasteiger partial charge in [0.2, 0.25) is 5.91 Å². The highest BCUT2D eigenvalue weighted by molar-refractivity contribution is 6.03. The van der Waals surface area contributed by atoms with Crippen molar-refractivity contribution in [3.05, 3.63) is 107 Å². The largest absolute Gasteiger partial charge is 0.497 e. The van der Waals surface area contributed by atoms with Crippen LogP contribution in [-0.4, -0.2) is 48.1 Å². The van der Waals surface area contributed by atoms with E-state index in [1.165, 1.54) is 0 Å². The van der Waals surface area contributed by atoms with Crippen molar-refractivity contribution < 1.29 is 19.1 Å². The molecule has 0 saturated carbocycles. The summed E-state index contributed by atoms with van der Waals surface area (Å²) in [6.45, 7) is 10.2. The second-order valence-electron chi connectivity index (χ2n) is 11.9. The van der Waals surface area contributed by atoms with Crippen LogP contribution in [0.15, 0.2) is 85.1 Å². The third-order valence-corrected chi connectivity index (χ3v) is 7.91. The first-order chi connectivity index (χ1) is 20.0. The molecule has 4 aromatic rings. The van der Waals surface area contributed by atoms with Crippen molar-refractivity contribution in [2.75, 3.05) is 25.7 Å². The van der Waals surface area contributed by atoms with E-state index in [4.69, 9.17) is 9.47 Å². The number of amides is 2. The standard InChI is InChI=1S/C35H39N3O4/c1-23(2)37(34(40)24-14-16-25(17-15-24)35(3,4)5)22-32(39)38-29-12-9-8-11-28(29)36-20-10-13-30(36)33(38)27-21-26(41-6)18-19-31(27)42-7/h8-21,23,33H,22H2,1-7H3. The maximum absolute atomic E-state index is 14.5. The quantitative estimate of drug-likeness (QED) is 0.248. The molecule has 3 aromatic carbocycles.